The summed E-state index contributed by atoms with van der Waals surface area (Å²) in [6.45, 7) is 5.97. The van der Waals surface area contributed by atoms with Crippen LogP contribution >= 0.6 is 0 Å². The number of unbranched alkanes of at least 4 members (excludes halogenated alkanes) is 6. The summed E-state index contributed by atoms with van der Waals surface area (Å²) >= 11 is 0. The van der Waals surface area contributed by atoms with E-state index in [0.717, 1.165) is 19.3 Å². The van der Waals surface area contributed by atoms with E-state index in [2.05, 4.69) is 17.5 Å². The molecule has 1 heterocycles. The highest BCUT2D eigenvalue weighted by atomic mass is 16.6. The van der Waals surface area contributed by atoms with Crippen molar-refractivity contribution in [2.75, 3.05) is 12.0 Å². The second-order valence-corrected chi connectivity index (χ2v) is 8.72. The van der Waals surface area contributed by atoms with Gasteiger partial charge >= 0.3 is 0 Å². The van der Waals surface area contributed by atoms with E-state index in [1.807, 2.05) is 6.07 Å². The summed E-state index contributed by atoms with van der Waals surface area (Å²) < 4.78 is 11.5. The van der Waals surface area contributed by atoms with Crippen LogP contribution in [-0.4, -0.2) is 23.3 Å². The maximum atomic E-state index is 11.2. The molecule has 1 aromatic carbocycles. The highest BCUT2D eigenvalue weighted by Crippen LogP contribution is 2.38. The van der Waals surface area contributed by atoms with Crippen LogP contribution in [0.3, 0.4) is 0 Å². The quantitative estimate of drug-likeness (QED) is 0.115. The van der Waals surface area contributed by atoms with Crippen molar-refractivity contribution in [2.45, 2.75) is 71.3 Å². The molecule has 0 aliphatic carbocycles. The molecule has 1 N–H and O–H groups in total. The third kappa shape index (κ3) is 7.32. The fourth-order valence-corrected chi connectivity index (χ4v) is 3.66. The predicted molar refractivity (Wildman–Crippen MR) is 135 cm³/mol. The molecule has 0 radical (unpaired) electrons. The molecule has 0 aromatic heterocycles. The first-order chi connectivity index (χ1) is 17.3. The van der Waals surface area contributed by atoms with Crippen LogP contribution in [0.25, 0.3) is 0 Å². The Hall–Kier alpha value is -4.36. The van der Waals surface area contributed by atoms with Gasteiger partial charge in [0, 0.05) is 11.6 Å². The molecular weight excluding hydrogens is 460 g/mol. The summed E-state index contributed by atoms with van der Waals surface area (Å²) in [5.74, 6) is 0.212. The van der Waals surface area contributed by atoms with Crippen molar-refractivity contribution >= 4 is 17.6 Å². The average molecular weight is 491 g/mol. The molecule has 1 aromatic rings. The van der Waals surface area contributed by atoms with Crippen molar-refractivity contribution in [3.05, 3.63) is 50.8 Å². The minimum atomic E-state index is -1.00. The number of anilines is 1. The maximum absolute atomic E-state index is 11.2. The third-order valence-electron chi connectivity index (χ3n) is 5.62. The zero-order valence-electron chi connectivity index (χ0n) is 20.8. The number of nitriles is 3. The Morgan fingerprint density at radius 1 is 1.17 bits per heavy atom. The molecule has 1 aliphatic heterocycles. The van der Waals surface area contributed by atoms with Crippen molar-refractivity contribution in [3.8, 4) is 24.0 Å². The number of nitro benzene ring substituents is 1. The lowest BCUT2D eigenvalue weighted by Gasteiger charge is -2.20. The van der Waals surface area contributed by atoms with Gasteiger partial charge in [-0.2, -0.15) is 20.9 Å². The lowest BCUT2D eigenvalue weighted by Crippen LogP contribution is -2.23. The van der Waals surface area contributed by atoms with E-state index in [4.69, 9.17) is 9.47 Å². The monoisotopic (exact) mass is 490 g/mol. The van der Waals surface area contributed by atoms with E-state index in [-0.39, 0.29) is 22.6 Å². The first-order valence-electron chi connectivity index (χ1n) is 11.9. The van der Waals surface area contributed by atoms with Crippen LogP contribution in [0.2, 0.25) is 0 Å². The number of ether oxygens (including phenoxy) is 2. The van der Waals surface area contributed by atoms with Crippen LogP contribution < -0.4 is 10.2 Å². The highest BCUT2D eigenvalue weighted by molar-refractivity contribution is 5.87. The van der Waals surface area contributed by atoms with Gasteiger partial charge in [-0.15, -0.1) is 0 Å². The van der Waals surface area contributed by atoms with Crippen LogP contribution in [0.1, 0.15) is 65.7 Å². The summed E-state index contributed by atoms with van der Waals surface area (Å²) in [5.41, 5.74) is 2.25. The number of nitro groups is 1. The topological polar surface area (TPSA) is 157 Å². The number of hydrazone groups is 1. The predicted octanol–water partition coefficient (Wildman–Crippen LogP) is 6.05. The molecule has 188 valence electrons. The smallest absolute Gasteiger partial charge is 0.273 e. The van der Waals surface area contributed by atoms with Gasteiger partial charge in [0.05, 0.1) is 29.5 Å². The fourth-order valence-electron chi connectivity index (χ4n) is 3.66. The first-order valence-corrected chi connectivity index (χ1v) is 11.9. The fraction of sp³-hybridized carbons (Fsp3) is 0.462. The van der Waals surface area contributed by atoms with Gasteiger partial charge < -0.3 is 9.47 Å². The number of benzene rings is 1. The lowest BCUT2D eigenvalue weighted by atomic mass is 9.96. The molecule has 2 rings (SSSR count). The van der Waals surface area contributed by atoms with Crippen LogP contribution in [0.4, 0.5) is 11.4 Å². The summed E-state index contributed by atoms with van der Waals surface area (Å²) in [5, 5.41) is 43.4. The van der Waals surface area contributed by atoms with Crippen molar-refractivity contribution in [2.24, 2.45) is 5.10 Å². The molecule has 0 atom stereocenters. The van der Waals surface area contributed by atoms with Crippen molar-refractivity contribution < 1.29 is 14.4 Å². The number of nitrogens with one attached hydrogen (secondary N) is 1. The summed E-state index contributed by atoms with van der Waals surface area (Å²) in [7, 11) is 0. The number of allylic oxidation sites excluding steroid dienone is 2. The van der Waals surface area contributed by atoms with E-state index >= 15 is 0 Å². The van der Waals surface area contributed by atoms with Crippen molar-refractivity contribution in [3.63, 3.8) is 0 Å². The summed E-state index contributed by atoms with van der Waals surface area (Å²) in [4.78, 5) is 10.7. The van der Waals surface area contributed by atoms with Gasteiger partial charge in [0.2, 0.25) is 0 Å². The molecular formula is C26H30N6O4. The van der Waals surface area contributed by atoms with Crippen LogP contribution in [-0.2, 0) is 4.74 Å². The Kier molecular flexibility index (Phi) is 10.5. The van der Waals surface area contributed by atoms with Gasteiger partial charge in [0.25, 0.3) is 5.69 Å². The van der Waals surface area contributed by atoms with Gasteiger partial charge in [-0.05, 0) is 26.3 Å². The lowest BCUT2D eigenvalue weighted by molar-refractivity contribution is -0.384. The molecule has 0 spiro atoms. The molecule has 0 saturated carbocycles. The Morgan fingerprint density at radius 3 is 2.44 bits per heavy atom. The average Bonchev–Trinajstić information content (AvgIpc) is 3.11. The largest absolute Gasteiger partial charge is 0.491 e. The molecule has 0 bridgehead atoms. The molecule has 0 unspecified atom stereocenters. The van der Waals surface area contributed by atoms with E-state index in [1.165, 1.54) is 50.1 Å². The SMILES string of the molecule is CCCCCCCCCOc1cc([N+](=O)[O-])ccc1N/N=C/C1=C(C#N)C(=C(C#N)C#N)OC1(C)C. The van der Waals surface area contributed by atoms with Gasteiger partial charge in [-0.25, -0.2) is 0 Å². The molecule has 10 heteroatoms. The Bertz CT molecular complexity index is 1160. The van der Waals surface area contributed by atoms with Crippen molar-refractivity contribution in [1.29, 1.82) is 15.8 Å². The zero-order valence-corrected chi connectivity index (χ0v) is 20.8. The highest BCUT2D eigenvalue weighted by Gasteiger charge is 2.39. The molecule has 10 nitrogen and oxygen atoms in total. The maximum Gasteiger partial charge on any atom is 0.273 e. The number of rotatable bonds is 13. The number of nitrogens with zero attached hydrogens (tertiary/aromatic N) is 5. The van der Waals surface area contributed by atoms with Gasteiger partial charge in [0.15, 0.2) is 17.1 Å². The van der Waals surface area contributed by atoms with E-state index in [1.54, 1.807) is 26.0 Å². The minimum Gasteiger partial charge on any atom is -0.491 e. The van der Waals surface area contributed by atoms with Crippen LogP contribution in [0.15, 0.2) is 45.8 Å². The molecule has 1 aliphatic rings. The second kappa shape index (κ2) is 13.5. The normalized spacial score (nSPS) is 14.1. The number of hydrogen-bond donors (Lipinski definition) is 1. The third-order valence-corrected chi connectivity index (χ3v) is 5.62. The molecule has 0 saturated heterocycles. The van der Waals surface area contributed by atoms with E-state index in [9.17, 15) is 25.9 Å². The van der Waals surface area contributed by atoms with Crippen LogP contribution in [0, 0.1) is 44.1 Å². The van der Waals surface area contributed by atoms with Crippen molar-refractivity contribution in [1.82, 2.24) is 0 Å². The van der Waals surface area contributed by atoms with Gasteiger partial charge in [-0.1, -0.05) is 45.4 Å². The Balaban J connectivity index is 2.17. The van der Waals surface area contributed by atoms with Crippen LogP contribution in [0.5, 0.6) is 5.75 Å². The van der Waals surface area contributed by atoms with E-state index in [0.29, 0.717) is 23.6 Å². The molecule has 0 amide bonds. The first kappa shape index (κ1) is 27.9. The zero-order chi connectivity index (χ0) is 26.6. The number of hydrogen-bond acceptors (Lipinski definition) is 9. The minimum absolute atomic E-state index is 0.0442. The van der Waals surface area contributed by atoms with Gasteiger partial charge in [-0.3, -0.25) is 15.5 Å². The van der Waals surface area contributed by atoms with Gasteiger partial charge in [0.1, 0.15) is 29.4 Å². The second-order valence-electron chi connectivity index (χ2n) is 8.72. The molecule has 36 heavy (non-hydrogen) atoms. The summed E-state index contributed by atoms with van der Waals surface area (Å²) in [6, 6.07) is 9.64. The Labute approximate surface area is 211 Å². The number of non-ortho nitro benzene ring substituents is 1. The summed E-state index contributed by atoms with van der Waals surface area (Å²) in [6.07, 6.45) is 9.20. The van der Waals surface area contributed by atoms with E-state index < -0.39 is 10.5 Å². The molecule has 0 fully saturated rings. The standard InChI is InChI=1S/C26H30N6O4/c1-4-5-6-7-8-9-10-13-35-24-14-20(32(33)34)11-12-23(24)31-30-18-22-21(17-29)25(19(15-27)16-28)36-26(22,2)3/h11-12,14,18,31H,4-10,13H2,1-3H3/b30-18+. The Morgan fingerprint density at radius 2 is 1.83 bits per heavy atom.